The first-order valence-corrected chi connectivity index (χ1v) is 7.03. The van der Waals surface area contributed by atoms with E-state index < -0.39 is 0 Å². The summed E-state index contributed by atoms with van der Waals surface area (Å²) in [5.41, 5.74) is 1.93. The van der Waals surface area contributed by atoms with Crippen LogP contribution in [0.1, 0.15) is 24.1 Å². The number of aryl methyl sites for hydroxylation is 2. The Hall–Kier alpha value is -0.620. The maximum atomic E-state index is 9.61. The van der Waals surface area contributed by atoms with Crippen molar-refractivity contribution in [1.29, 1.82) is 0 Å². The van der Waals surface area contributed by atoms with Crippen LogP contribution in [0.5, 0.6) is 0 Å². The van der Waals surface area contributed by atoms with Crippen LogP contribution in [0.2, 0.25) is 5.15 Å². The lowest BCUT2D eigenvalue weighted by Gasteiger charge is -2.35. The standard InChI is InChI=1S/C13H22ClN3O2/c1-10-11(12(14)17(2)16-10)7-15-8-13(9-18)3-5-19-6-4-13/h15,18H,3-9H2,1-2H3. The van der Waals surface area contributed by atoms with Crippen molar-refractivity contribution in [1.82, 2.24) is 15.1 Å². The zero-order valence-corrected chi connectivity index (χ0v) is 12.3. The number of aliphatic hydroxyl groups excluding tert-OH is 1. The van der Waals surface area contributed by atoms with E-state index in [-0.39, 0.29) is 12.0 Å². The van der Waals surface area contributed by atoms with Gasteiger partial charge in [-0.3, -0.25) is 4.68 Å². The fraction of sp³-hybridized carbons (Fsp3) is 0.769. The Bertz CT molecular complexity index is 428. The van der Waals surface area contributed by atoms with Crippen molar-refractivity contribution in [2.75, 3.05) is 26.4 Å². The molecule has 1 aliphatic heterocycles. The van der Waals surface area contributed by atoms with Gasteiger partial charge in [0, 0.05) is 44.3 Å². The van der Waals surface area contributed by atoms with Gasteiger partial charge < -0.3 is 15.2 Å². The Kier molecular flexibility index (Phi) is 4.84. The normalized spacial score (nSPS) is 18.7. The van der Waals surface area contributed by atoms with Crippen LogP contribution >= 0.6 is 11.6 Å². The SMILES string of the molecule is Cc1nn(C)c(Cl)c1CNCC1(CO)CCOCC1. The van der Waals surface area contributed by atoms with Crippen LogP contribution in [-0.4, -0.2) is 41.3 Å². The van der Waals surface area contributed by atoms with Crippen LogP contribution in [0.15, 0.2) is 0 Å². The number of rotatable bonds is 5. The minimum atomic E-state index is -0.0547. The summed E-state index contributed by atoms with van der Waals surface area (Å²) in [5.74, 6) is 0. The minimum absolute atomic E-state index is 0.0547. The molecule has 19 heavy (non-hydrogen) atoms. The van der Waals surface area contributed by atoms with Crippen molar-refractivity contribution < 1.29 is 9.84 Å². The number of nitrogens with zero attached hydrogens (tertiary/aromatic N) is 2. The molecular formula is C13H22ClN3O2. The quantitative estimate of drug-likeness (QED) is 0.856. The number of aliphatic hydroxyl groups is 1. The molecule has 1 aromatic heterocycles. The predicted octanol–water partition coefficient (Wildman–Crippen LogP) is 1.26. The first kappa shape index (κ1) is 14.8. The Morgan fingerprint density at radius 2 is 2.16 bits per heavy atom. The fourth-order valence-corrected chi connectivity index (χ4v) is 2.76. The van der Waals surface area contributed by atoms with Gasteiger partial charge in [-0.05, 0) is 19.8 Å². The van der Waals surface area contributed by atoms with E-state index in [9.17, 15) is 5.11 Å². The number of aromatic nitrogens is 2. The van der Waals surface area contributed by atoms with Gasteiger partial charge in [-0.1, -0.05) is 11.6 Å². The molecule has 0 saturated carbocycles. The summed E-state index contributed by atoms with van der Waals surface area (Å²) in [5, 5.41) is 18.0. The Morgan fingerprint density at radius 3 is 2.68 bits per heavy atom. The van der Waals surface area contributed by atoms with Crippen LogP contribution in [0.3, 0.4) is 0 Å². The van der Waals surface area contributed by atoms with Gasteiger partial charge in [0.2, 0.25) is 0 Å². The zero-order chi connectivity index (χ0) is 13.9. The van der Waals surface area contributed by atoms with Crippen molar-refractivity contribution in [3.8, 4) is 0 Å². The van der Waals surface area contributed by atoms with E-state index >= 15 is 0 Å². The second-order valence-electron chi connectivity index (χ2n) is 5.35. The van der Waals surface area contributed by atoms with E-state index in [1.54, 1.807) is 4.68 Å². The van der Waals surface area contributed by atoms with Gasteiger partial charge in [-0.2, -0.15) is 5.10 Å². The third-order valence-electron chi connectivity index (χ3n) is 3.96. The van der Waals surface area contributed by atoms with Crippen molar-refractivity contribution in [2.45, 2.75) is 26.3 Å². The average Bonchev–Trinajstić information content (AvgIpc) is 2.66. The molecule has 0 atom stereocenters. The molecule has 5 nitrogen and oxygen atoms in total. The molecule has 0 aliphatic carbocycles. The zero-order valence-electron chi connectivity index (χ0n) is 11.6. The first-order chi connectivity index (χ1) is 9.08. The van der Waals surface area contributed by atoms with Crippen LogP contribution in [-0.2, 0) is 18.3 Å². The largest absolute Gasteiger partial charge is 0.396 e. The summed E-state index contributed by atoms with van der Waals surface area (Å²) in [4.78, 5) is 0. The van der Waals surface area contributed by atoms with Crippen molar-refractivity contribution in [3.05, 3.63) is 16.4 Å². The minimum Gasteiger partial charge on any atom is -0.396 e. The highest BCUT2D eigenvalue weighted by Crippen LogP contribution is 2.29. The molecule has 6 heteroatoms. The molecule has 1 aromatic rings. The molecule has 1 aliphatic rings. The van der Waals surface area contributed by atoms with Crippen molar-refractivity contribution >= 4 is 11.6 Å². The van der Waals surface area contributed by atoms with Gasteiger partial charge in [0.25, 0.3) is 0 Å². The molecule has 1 fully saturated rings. The summed E-state index contributed by atoms with van der Waals surface area (Å²) in [6.07, 6.45) is 1.80. The van der Waals surface area contributed by atoms with Crippen LogP contribution in [0.4, 0.5) is 0 Å². The molecule has 2 N–H and O–H groups in total. The van der Waals surface area contributed by atoms with Crippen LogP contribution in [0.25, 0.3) is 0 Å². The topological polar surface area (TPSA) is 59.3 Å². The van der Waals surface area contributed by atoms with Gasteiger partial charge in [-0.15, -0.1) is 0 Å². The molecule has 108 valence electrons. The summed E-state index contributed by atoms with van der Waals surface area (Å²) in [6, 6.07) is 0. The predicted molar refractivity (Wildman–Crippen MR) is 74.2 cm³/mol. The van der Waals surface area contributed by atoms with E-state index in [0.29, 0.717) is 11.7 Å². The van der Waals surface area contributed by atoms with E-state index in [2.05, 4.69) is 10.4 Å². The van der Waals surface area contributed by atoms with Gasteiger partial charge >= 0.3 is 0 Å². The monoisotopic (exact) mass is 287 g/mol. The Labute approximate surface area is 118 Å². The summed E-state index contributed by atoms with van der Waals surface area (Å²) in [7, 11) is 1.84. The Morgan fingerprint density at radius 1 is 1.47 bits per heavy atom. The van der Waals surface area contributed by atoms with E-state index in [1.165, 1.54) is 0 Å². The molecule has 1 saturated heterocycles. The molecule has 0 radical (unpaired) electrons. The number of hydrogen-bond acceptors (Lipinski definition) is 4. The molecule has 2 rings (SSSR count). The van der Waals surface area contributed by atoms with Crippen LogP contribution in [0, 0.1) is 12.3 Å². The summed E-state index contributed by atoms with van der Waals surface area (Å²) >= 11 is 6.20. The maximum absolute atomic E-state index is 9.61. The number of ether oxygens (including phenoxy) is 1. The lowest BCUT2D eigenvalue weighted by atomic mass is 9.81. The second-order valence-corrected chi connectivity index (χ2v) is 5.71. The highest BCUT2D eigenvalue weighted by Gasteiger charge is 2.31. The average molecular weight is 288 g/mol. The molecule has 0 aromatic carbocycles. The smallest absolute Gasteiger partial charge is 0.131 e. The highest BCUT2D eigenvalue weighted by molar-refractivity contribution is 6.30. The molecule has 0 amide bonds. The maximum Gasteiger partial charge on any atom is 0.131 e. The number of hydrogen-bond donors (Lipinski definition) is 2. The third-order valence-corrected chi connectivity index (χ3v) is 4.43. The van der Waals surface area contributed by atoms with Crippen molar-refractivity contribution in [3.63, 3.8) is 0 Å². The molecule has 0 spiro atoms. The molecular weight excluding hydrogens is 266 g/mol. The van der Waals surface area contributed by atoms with Gasteiger partial charge in [-0.25, -0.2) is 0 Å². The van der Waals surface area contributed by atoms with Gasteiger partial charge in [0.05, 0.1) is 12.3 Å². The van der Waals surface area contributed by atoms with Crippen LogP contribution < -0.4 is 5.32 Å². The third kappa shape index (κ3) is 3.28. The highest BCUT2D eigenvalue weighted by atomic mass is 35.5. The fourth-order valence-electron chi connectivity index (χ4n) is 2.52. The molecule has 0 unspecified atom stereocenters. The van der Waals surface area contributed by atoms with E-state index in [1.807, 2.05) is 14.0 Å². The Balaban J connectivity index is 1.92. The number of halogens is 1. The van der Waals surface area contributed by atoms with Crippen molar-refractivity contribution in [2.24, 2.45) is 12.5 Å². The second kappa shape index (κ2) is 6.22. The summed E-state index contributed by atoms with van der Waals surface area (Å²) < 4.78 is 7.04. The lowest BCUT2D eigenvalue weighted by molar-refractivity contribution is -0.0154. The van der Waals surface area contributed by atoms with Gasteiger partial charge in [0.1, 0.15) is 5.15 Å². The number of nitrogens with one attached hydrogen (secondary N) is 1. The molecule has 0 bridgehead atoms. The van der Waals surface area contributed by atoms with E-state index in [0.717, 1.165) is 43.9 Å². The summed E-state index contributed by atoms with van der Waals surface area (Å²) in [6.45, 7) is 5.07. The van der Waals surface area contributed by atoms with E-state index in [4.69, 9.17) is 16.3 Å². The van der Waals surface area contributed by atoms with Gasteiger partial charge in [0.15, 0.2) is 0 Å². The first-order valence-electron chi connectivity index (χ1n) is 6.65. The lowest BCUT2D eigenvalue weighted by Crippen LogP contribution is -2.41. The molecule has 2 heterocycles.